The monoisotopic (exact) mass is 845 g/mol. The summed E-state index contributed by atoms with van der Waals surface area (Å²) in [5.41, 5.74) is 3.38. The van der Waals surface area contributed by atoms with Crippen LogP contribution in [-0.2, 0) is 31.0 Å². The Hall–Kier alpha value is -5.50. The third kappa shape index (κ3) is 5.69. The Morgan fingerprint density at radius 2 is 1.68 bits per heavy atom. The van der Waals surface area contributed by atoms with Gasteiger partial charge in [0.1, 0.15) is 11.5 Å². The maximum atomic E-state index is 15.3. The van der Waals surface area contributed by atoms with Crippen molar-refractivity contribution in [2.75, 3.05) is 47.6 Å². The summed E-state index contributed by atoms with van der Waals surface area (Å²) in [4.78, 5) is 65.1. The number of hydrogen-bond donors (Lipinski definition) is 1. The highest BCUT2D eigenvalue weighted by Gasteiger charge is 2.68. The SMILES string of the molecule is CCOc1cc([C@H]2C3=CC[C@@H]4C(=O)N(c5ccc(N6CCOCC6)cc5)C(=O)[C@@H]4[C@@H]3C[C@H]3C(=O)N(c4cc(-c5sc6ccc(Cl)cc6c5C)nn4C)C(=O)[C@@]23C)ccc1O. The number of halogens is 1. The van der Waals surface area contributed by atoms with Crippen molar-refractivity contribution in [3.8, 4) is 22.1 Å². The lowest BCUT2D eigenvalue weighted by Crippen LogP contribution is -2.49. The molecule has 10 rings (SSSR count). The fraction of sp³-hybridized carbons (Fsp3) is 0.370. The van der Waals surface area contributed by atoms with Crippen molar-refractivity contribution in [1.29, 1.82) is 0 Å². The molecule has 0 radical (unpaired) electrons. The number of fused-ring (bicyclic) bond motifs is 5. The van der Waals surface area contributed by atoms with Crippen molar-refractivity contribution in [2.45, 2.75) is 39.5 Å². The third-order valence-corrected chi connectivity index (χ3v) is 15.1. The lowest BCUT2D eigenvalue weighted by Gasteiger charge is -2.49. The number of allylic oxidation sites excluding steroid dienone is 2. The van der Waals surface area contributed by atoms with E-state index in [1.165, 1.54) is 9.80 Å². The van der Waals surface area contributed by atoms with Gasteiger partial charge in [-0.3, -0.25) is 28.8 Å². The number of hydrogen-bond acceptors (Lipinski definition) is 10. The number of carbonyl (C=O) groups excluding carboxylic acids is 4. The minimum Gasteiger partial charge on any atom is -0.504 e. The number of thiophene rings is 1. The molecular formula is C46H44ClN5O7S. The van der Waals surface area contributed by atoms with E-state index in [2.05, 4.69) is 4.90 Å². The lowest BCUT2D eigenvalue weighted by molar-refractivity contribution is -0.131. The van der Waals surface area contributed by atoms with Crippen LogP contribution in [0.15, 0.2) is 78.4 Å². The highest BCUT2D eigenvalue weighted by Crippen LogP contribution is 2.64. The summed E-state index contributed by atoms with van der Waals surface area (Å²) in [5, 5.41) is 17.3. The van der Waals surface area contributed by atoms with Crippen LogP contribution in [0, 0.1) is 36.0 Å². The minimum absolute atomic E-state index is 0.0455. The number of phenolic OH excluding ortho intramolecular Hbond substituents is 1. The molecule has 3 aromatic carbocycles. The summed E-state index contributed by atoms with van der Waals surface area (Å²) in [5.74, 6) is -4.10. The van der Waals surface area contributed by atoms with Crippen molar-refractivity contribution in [3.05, 3.63) is 94.5 Å². The molecule has 1 N–H and O–H groups in total. The van der Waals surface area contributed by atoms with Gasteiger partial charge in [-0.05, 0) is 111 Å². The van der Waals surface area contributed by atoms with Crippen LogP contribution in [0.4, 0.5) is 17.2 Å². The van der Waals surface area contributed by atoms with E-state index in [1.807, 2.05) is 69.3 Å². The first kappa shape index (κ1) is 38.7. The number of morpholine rings is 1. The van der Waals surface area contributed by atoms with E-state index in [0.717, 1.165) is 44.9 Å². The average molecular weight is 846 g/mol. The molecule has 3 aliphatic heterocycles. The summed E-state index contributed by atoms with van der Waals surface area (Å²) >= 11 is 7.92. The molecule has 6 atom stereocenters. The Morgan fingerprint density at radius 3 is 2.43 bits per heavy atom. The van der Waals surface area contributed by atoms with Gasteiger partial charge in [-0.25, -0.2) is 4.90 Å². The molecule has 0 unspecified atom stereocenters. The number of anilines is 3. The van der Waals surface area contributed by atoms with Crippen LogP contribution in [0.25, 0.3) is 20.7 Å². The molecule has 1 saturated carbocycles. The number of aromatic nitrogens is 2. The Bertz CT molecular complexity index is 2670. The zero-order valence-electron chi connectivity index (χ0n) is 33.7. The molecule has 12 nitrogen and oxygen atoms in total. The summed E-state index contributed by atoms with van der Waals surface area (Å²) in [6.45, 7) is 8.79. The van der Waals surface area contributed by atoms with Crippen molar-refractivity contribution in [3.63, 3.8) is 0 Å². The van der Waals surface area contributed by atoms with Gasteiger partial charge >= 0.3 is 0 Å². The van der Waals surface area contributed by atoms with Gasteiger partial charge < -0.3 is 19.5 Å². The first-order chi connectivity index (χ1) is 28.9. The fourth-order valence-corrected chi connectivity index (χ4v) is 12.0. The van der Waals surface area contributed by atoms with E-state index in [1.54, 1.807) is 47.3 Å². The van der Waals surface area contributed by atoms with E-state index in [4.69, 9.17) is 26.2 Å². The van der Waals surface area contributed by atoms with Crippen LogP contribution < -0.4 is 19.4 Å². The van der Waals surface area contributed by atoms with Crippen LogP contribution in [0.3, 0.4) is 0 Å². The number of nitrogens with zero attached hydrogens (tertiary/aromatic N) is 5. The largest absolute Gasteiger partial charge is 0.504 e. The predicted molar refractivity (Wildman–Crippen MR) is 230 cm³/mol. The number of ether oxygens (including phenoxy) is 2. The van der Waals surface area contributed by atoms with Crippen LogP contribution in [-0.4, -0.2) is 71.4 Å². The first-order valence-electron chi connectivity index (χ1n) is 20.5. The number of imide groups is 2. The van der Waals surface area contributed by atoms with Gasteiger partial charge in [0.25, 0.3) is 0 Å². The second-order valence-electron chi connectivity index (χ2n) is 16.7. The number of phenols is 1. The molecule has 0 bridgehead atoms. The lowest BCUT2D eigenvalue weighted by atomic mass is 9.51. The fourth-order valence-electron chi connectivity index (χ4n) is 10.7. The molecule has 5 aromatic rings. The van der Waals surface area contributed by atoms with Crippen LogP contribution in [0.1, 0.15) is 43.7 Å². The van der Waals surface area contributed by atoms with E-state index in [9.17, 15) is 14.7 Å². The normalized spacial score (nSPS) is 26.4. The topological polar surface area (TPSA) is 135 Å². The molecular weight excluding hydrogens is 802 g/mol. The summed E-state index contributed by atoms with van der Waals surface area (Å²) in [7, 11) is 1.73. The quantitative estimate of drug-likeness (QED) is 0.130. The highest BCUT2D eigenvalue weighted by molar-refractivity contribution is 7.22. The standard InChI is InChI=1S/C46H44ClN5O7S/c1-5-59-36-20-25(6-14-35(36)53)40-29-12-13-30-39(44(56)51(42(30)54)28-10-8-27(9-11-28)50-16-18-58-19-17-50)32(29)22-33-43(55)52(45(57)46(33,40)3)38-23-34(48-49(38)4)41-24(2)31-21-26(47)7-15-37(31)60-41/h6-12,14-15,20-21,23,30,32-33,39-40,53H,5,13,16-19,22H2,1-4H3/t30-,32+,33-,39-,40-,46+/m0/s1. The number of aryl methyl sites for hydroxylation is 2. The van der Waals surface area contributed by atoms with Gasteiger partial charge in [0, 0.05) is 47.5 Å². The van der Waals surface area contributed by atoms with Crippen molar-refractivity contribution < 1.29 is 33.8 Å². The van der Waals surface area contributed by atoms with Crippen LogP contribution in [0.2, 0.25) is 5.02 Å². The summed E-state index contributed by atoms with van der Waals surface area (Å²) in [6.07, 6.45) is 2.55. The van der Waals surface area contributed by atoms with Crippen molar-refractivity contribution in [2.24, 2.45) is 36.1 Å². The zero-order valence-corrected chi connectivity index (χ0v) is 35.3. The van der Waals surface area contributed by atoms with Crippen molar-refractivity contribution >= 4 is 73.8 Å². The molecule has 4 amide bonds. The molecule has 2 aromatic heterocycles. The minimum atomic E-state index is -1.29. The van der Waals surface area contributed by atoms with E-state index in [-0.39, 0.29) is 41.5 Å². The average Bonchev–Trinajstić information content (AvgIpc) is 3.92. The molecule has 60 heavy (non-hydrogen) atoms. The number of rotatable bonds is 7. The Morgan fingerprint density at radius 1 is 0.933 bits per heavy atom. The van der Waals surface area contributed by atoms with Gasteiger partial charge in [-0.2, -0.15) is 5.10 Å². The van der Waals surface area contributed by atoms with Gasteiger partial charge in [-0.1, -0.05) is 29.3 Å². The van der Waals surface area contributed by atoms with E-state index in [0.29, 0.717) is 54.0 Å². The van der Waals surface area contributed by atoms with Gasteiger partial charge in [-0.15, -0.1) is 11.3 Å². The van der Waals surface area contributed by atoms with Crippen LogP contribution in [0.5, 0.6) is 11.5 Å². The molecule has 4 fully saturated rings. The first-order valence-corrected chi connectivity index (χ1v) is 21.7. The maximum absolute atomic E-state index is 15.3. The maximum Gasteiger partial charge on any atom is 0.242 e. The van der Waals surface area contributed by atoms with Gasteiger partial charge in [0.2, 0.25) is 23.6 Å². The molecule has 5 aliphatic rings. The Labute approximate surface area is 355 Å². The van der Waals surface area contributed by atoms with Gasteiger partial charge in [0.15, 0.2) is 11.5 Å². The van der Waals surface area contributed by atoms with Crippen molar-refractivity contribution in [1.82, 2.24) is 9.78 Å². The second-order valence-corrected chi connectivity index (χ2v) is 18.1. The number of amides is 4. The third-order valence-electron chi connectivity index (χ3n) is 13.6. The summed E-state index contributed by atoms with van der Waals surface area (Å²) in [6, 6.07) is 20.1. The molecule has 308 valence electrons. The molecule has 5 heterocycles. The van der Waals surface area contributed by atoms with Crippen LogP contribution >= 0.6 is 22.9 Å². The number of aromatic hydroxyl groups is 1. The zero-order chi connectivity index (χ0) is 41.8. The molecule has 2 aliphatic carbocycles. The van der Waals surface area contributed by atoms with E-state index < -0.39 is 35.0 Å². The number of benzene rings is 3. The summed E-state index contributed by atoms with van der Waals surface area (Å²) < 4.78 is 14.0. The molecule has 14 heteroatoms. The predicted octanol–water partition coefficient (Wildman–Crippen LogP) is 7.64. The highest BCUT2D eigenvalue weighted by atomic mass is 35.5. The molecule has 0 spiro atoms. The smallest absolute Gasteiger partial charge is 0.242 e. The van der Waals surface area contributed by atoms with E-state index >= 15 is 9.59 Å². The second kappa shape index (κ2) is 14.3. The van der Waals surface area contributed by atoms with Gasteiger partial charge in [0.05, 0.1) is 53.6 Å². The number of carbonyl (C=O) groups is 4. The Kier molecular flexibility index (Phi) is 9.23. The Balaban J connectivity index is 1.04. The molecule has 3 saturated heterocycles.